The zero-order valence-electron chi connectivity index (χ0n) is 8.62. The molecular formula is C9H11FN2O5. The van der Waals surface area contributed by atoms with Gasteiger partial charge in [-0.3, -0.25) is 14.3 Å². The number of nitrogens with one attached hydrogen (secondary N) is 1. The third kappa shape index (κ3) is 2.02. The van der Waals surface area contributed by atoms with Gasteiger partial charge in [-0.05, 0) is 0 Å². The van der Waals surface area contributed by atoms with Crippen LogP contribution in [0.25, 0.3) is 0 Å². The van der Waals surface area contributed by atoms with Gasteiger partial charge in [0.15, 0.2) is 6.23 Å². The molecule has 94 valence electrons. The SMILES string of the molecule is O=c1ccn([C@@H]2O[C@H](CF)[C@H](O)[C@@H]2O)c(=O)[nH]1. The first-order valence-corrected chi connectivity index (χ1v) is 4.93. The maximum absolute atomic E-state index is 12.4. The van der Waals surface area contributed by atoms with Crippen LogP contribution in [0.5, 0.6) is 0 Å². The lowest BCUT2D eigenvalue weighted by Crippen LogP contribution is -2.37. The molecule has 1 aromatic rings. The molecule has 2 heterocycles. The standard InChI is InChI=1S/C9H11FN2O5/c10-3-4-6(14)7(15)8(17-4)12-2-1-5(13)11-9(12)16/h1-2,4,6-8,14-15H,3H2,(H,11,13,16)/t4-,6+,7+,8-/m1/s1. The van der Waals surface area contributed by atoms with Crippen LogP contribution < -0.4 is 11.2 Å². The fraction of sp³-hybridized carbons (Fsp3) is 0.556. The highest BCUT2D eigenvalue weighted by Gasteiger charge is 2.43. The molecule has 8 heteroatoms. The Morgan fingerprint density at radius 1 is 1.41 bits per heavy atom. The maximum Gasteiger partial charge on any atom is 0.330 e. The Kier molecular flexibility index (Phi) is 3.09. The summed E-state index contributed by atoms with van der Waals surface area (Å²) in [6.07, 6.45) is -4.13. The summed E-state index contributed by atoms with van der Waals surface area (Å²) >= 11 is 0. The van der Waals surface area contributed by atoms with Crippen molar-refractivity contribution in [3.8, 4) is 0 Å². The normalized spacial score (nSPS) is 32.9. The van der Waals surface area contributed by atoms with E-state index in [1.807, 2.05) is 4.98 Å². The summed E-state index contributed by atoms with van der Waals surface area (Å²) < 4.78 is 18.3. The molecule has 0 bridgehead atoms. The zero-order chi connectivity index (χ0) is 12.6. The summed E-state index contributed by atoms with van der Waals surface area (Å²) in [5, 5.41) is 19.0. The first-order valence-electron chi connectivity index (χ1n) is 4.93. The van der Waals surface area contributed by atoms with Crippen molar-refractivity contribution in [3.63, 3.8) is 0 Å². The van der Waals surface area contributed by atoms with Crippen LogP contribution in [-0.4, -0.2) is 44.8 Å². The minimum Gasteiger partial charge on any atom is -0.387 e. The number of aliphatic hydroxyl groups is 2. The third-order valence-electron chi connectivity index (χ3n) is 2.61. The lowest BCUT2D eigenvalue weighted by atomic mass is 10.1. The zero-order valence-corrected chi connectivity index (χ0v) is 8.62. The van der Waals surface area contributed by atoms with Gasteiger partial charge in [-0.15, -0.1) is 0 Å². The molecule has 1 aliphatic rings. The first kappa shape index (κ1) is 12.0. The van der Waals surface area contributed by atoms with E-state index in [0.717, 1.165) is 16.8 Å². The highest BCUT2D eigenvalue weighted by atomic mass is 19.1. The first-order chi connectivity index (χ1) is 8.04. The van der Waals surface area contributed by atoms with E-state index in [9.17, 15) is 24.2 Å². The molecule has 0 saturated carbocycles. The maximum atomic E-state index is 12.4. The molecule has 0 radical (unpaired) electrons. The van der Waals surface area contributed by atoms with Gasteiger partial charge in [0.05, 0.1) is 0 Å². The molecule has 1 saturated heterocycles. The van der Waals surface area contributed by atoms with E-state index in [1.165, 1.54) is 0 Å². The molecule has 1 aliphatic heterocycles. The van der Waals surface area contributed by atoms with Gasteiger partial charge >= 0.3 is 5.69 Å². The second-order valence-electron chi connectivity index (χ2n) is 3.72. The van der Waals surface area contributed by atoms with E-state index in [-0.39, 0.29) is 0 Å². The van der Waals surface area contributed by atoms with E-state index in [4.69, 9.17) is 4.74 Å². The Balaban J connectivity index is 2.35. The summed E-state index contributed by atoms with van der Waals surface area (Å²) in [6, 6.07) is 1.06. The van der Waals surface area contributed by atoms with Crippen molar-refractivity contribution in [2.24, 2.45) is 0 Å². The molecule has 7 nitrogen and oxygen atoms in total. The van der Waals surface area contributed by atoms with E-state index < -0.39 is 42.5 Å². The van der Waals surface area contributed by atoms with E-state index in [0.29, 0.717) is 0 Å². The van der Waals surface area contributed by atoms with Crippen molar-refractivity contribution in [2.75, 3.05) is 6.67 Å². The second kappa shape index (κ2) is 4.40. The van der Waals surface area contributed by atoms with Gasteiger partial charge in [0.1, 0.15) is 25.0 Å². The largest absolute Gasteiger partial charge is 0.387 e. The monoisotopic (exact) mass is 246 g/mol. The Hall–Kier alpha value is -1.51. The van der Waals surface area contributed by atoms with Crippen LogP contribution in [0.4, 0.5) is 4.39 Å². The molecule has 0 unspecified atom stereocenters. The molecule has 1 fully saturated rings. The van der Waals surface area contributed by atoms with Crippen molar-refractivity contribution in [1.82, 2.24) is 9.55 Å². The average molecular weight is 246 g/mol. The number of alkyl halides is 1. The van der Waals surface area contributed by atoms with Crippen LogP contribution in [0, 0.1) is 0 Å². The van der Waals surface area contributed by atoms with Crippen LogP contribution in [0.2, 0.25) is 0 Å². The summed E-state index contributed by atoms with van der Waals surface area (Å²) in [7, 11) is 0. The van der Waals surface area contributed by atoms with Gasteiger partial charge in [0.25, 0.3) is 5.56 Å². The summed E-state index contributed by atoms with van der Waals surface area (Å²) in [6.45, 7) is -0.979. The van der Waals surface area contributed by atoms with Crippen LogP contribution >= 0.6 is 0 Å². The molecular weight excluding hydrogens is 235 g/mol. The number of nitrogens with zero attached hydrogens (tertiary/aromatic N) is 1. The second-order valence-corrected chi connectivity index (χ2v) is 3.72. The Bertz CT molecular complexity index is 513. The molecule has 0 aromatic carbocycles. The number of hydrogen-bond donors (Lipinski definition) is 3. The number of hydrogen-bond acceptors (Lipinski definition) is 5. The summed E-state index contributed by atoms with van der Waals surface area (Å²) in [5.41, 5.74) is -1.39. The Labute approximate surface area is 94.1 Å². The van der Waals surface area contributed by atoms with E-state index >= 15 is 0 Å². The number of rotatable bonds is 2. The lowest BCUT2D eigenvalue weighted by molar-refractivity contribution is -0.0454. The number of halogens is 1. The fourth-order valence-electron chi connectivity index (χ4n) is 1.71. The molecule has 3 N–H and O–H groups in total. The number of aliphatic hydroxyl groups excluding tert-OH is 2. The van der Waals surface area contributed by atoms with Crippen molar-refractivity contribution in [2.45, 2.75) is 24.5 Å². The number of aromatic amines is 1. The fourth-order valence-corrected chi connectivity index (χ4v) is 1.71. The predicted molar refractivity (Wildman–Crippen MR) is 53.2 cm³/mol. The summed E-state index contributed by atoms with van der Waals surface area (Å²) in [4.78, 5) is 24.2. The van der Waals surface area contributed by atoms with Crippen molar-refractivity contribution < 1.29 is 19.3 Å². The third-order valence-corrected chi connectivity index (χ3v) is 2.61. The molecule has 2 rings (SSSR count). The quantitative estimate of drug-likeness (QED) is 0.567. The van der Waals surface area contributed by atoms with E-state index in [2.05, 4.69) is 0 Å². The van der Waals surface area contributed by atoms with Crippen molar-refractivity contribution >= 4 is 0 Å². The van der Waals surface area contributed by atoms with Crippen LogP contribution in [0.3, 0.4) is 0 Å². The number of aromatic nitrogens is 2. The van der Waals surface area contributed by atoms with Gasteiger partial charge in [-0.25, -0.2) is 9.18 Å². The van der Waals surface area contributed by atoms with Gasteiger partial charge in [-0.2, -0.15) is 0 Å². The smallest absolute Gasteiger partial charge is 0.330 e. The van der Waals surface area contributed by atoms with Crippen molar-refractivity contribution in [3.05, 3.63) is 33.1 Å². The molecule has 17 heavy (non-hydrogen) atoms. The highest BCUT2D eigenvalue weighted by Crippen LogP contribution is 2.28. The van der Waals surface area contributed by atoms with E-state index in [1.54, 1.807) is 0 Å². The number of ether oxygens (including phenoxy) is 1. The van der Waals surface area contributed by atoms with Gasteiger partial charge in [0, 0.05) is 12.3 Å². The highest BCUT2D eigenvalue weighted by molar-refractivity contribution is 4.92. The molecule has 0 aliphatic carbocycles. The molecule has 1 aromatic heterocycles. The van der Waals surface area contributed by atoms with Crippen molar-refractivity contribution in [1.29, 1.82) is 0 Å². The van der Waals surface area contributed by atoms with Gasteiger partial charge < -0.3 is 14.9 Å². The van der Waals surface area contributed by atoms with Gasteiger partial charge in [0.2, 0.25) is 0 Å². The van der Waals surface area contributed by atoms with Gasteiger partial charge in [-0.1, -0.05) is 0 Å². The Morgan fingerprint density at radius 2 is 2.12 bits per heavy atom. The molecule has 4 atom stereocenters. The average Bonchev–Trinajstić information content (AvgIpc) is 2.57. The molecule has 0 spiro atoms. The minimum atomic E-state index is -1.43. The topological polar surface area (TPSA) is 105 Å². The van der Waals surface area contributed by atoms with Crippen LogP contribution in [0.15, 0.2) is 21.9 Å². The van der Waals surface area contributed by atoms with Crippen LogP contribution in [0.1, 0.15) is 6.23 Å². The summed E-state index contributed by atoms with van der Waals surface area (Å²) in [5.74, 6) is 0. The molecule has 0 amide bonds. The minimum absolute atomic E-state index is 0.596. The lowest BCUT2D eigenvalue weighted by Gasteiger charge is -2.16. The predicted octanol–water partition coefficient (Wildman–Crippen LogP) is -1.87. The van der Waals surface area contributed by atoms with Crippen LogP contribution in [-0.2, 0) is 4.74 Å². The Morgan fingerprint density at radius 3 is 2.65 bits per heavy atom. The number of H-pyrrole nitrogens is 1.